The SMILES string of the molecule is COC(=O)C=CC(=O)NC(N)=NC(N)=Nc1ccccc1O. The molecule has 116 valence electrons. The number of nitrogens with two attached hydrogens (primary N) is 2. The number of phenols is 1. The smallest absolute Gasteiger partial charge is 0.330 e. The van der Waals surface area contributed by atoms with Crippen molar-refractivity contribution in [1.29, 1.82) is 0 Å². The molecule has 0 saturated heterocycles. The minimum Gasteiger partial charge on any atom is -0.506 e. The van der Waals surface area contributed by atoms with Gasteiger partial charge in [-0.05, 0) is 12.1 Å². The molecule has 0 fully saturated rings. The third-order valence-corrected chi connectivity index (χ3v) is 2.17. The molecule has 0 unspecified atom stereocenters. The van der Waals surface area contributed by atoms with Crippen LogP contribution >= 0.6 is 0 Å². The van der Waals surface area contributed by atoms with Crippen molar-refractivity contribution in [3.63, 3.8) is 0 Å². The van der Waals surface area contributed by atoms with E-state index in [1.54, 1.807) is 12.1 Å². The third-order valence-electron chi connectivity index (χ3n) is 2.17. The molecule has 0 aliphatic heterocycles. The summed E-state index contributed by atoms with van der Waals surface area (Å²) in [6, 6.07) is 6.22. The summed E-state index contributed by atoms with van der Waals surface area (Å²) in [4.78, 5) is 29.6. The second-order valence-corrected chi connectivity index (χ2v) is 3.80. The van der Waals surface area contributed by atoms with Crippen molar-refractivity contribution in [2.24, 2.45) is 21.5 Å². The molecule has 0 radical (unpaired) electrons. The van der Waals surface area contributed by atoms with Gasteiger partial charge in [-0.15, -0.1) is 0 Å². The summed E-state index contributed by atoms with van der Waals surface area (Å²) in [5.41, 5.74) is 11.2. The predicted molar refractivity (Wildman–Crippen MR) is 80.3 cm³/mol. The molecule has 0 aliphatic rings. The first-order valence-electron chi connectivity index (χ1n) is 5.95. The molecule has 0 aromatic heterocycles. The van der Waals surface area contributed by atoms with Crippen molar-refractivity contribution in [1.82, 2.24) is 5.32 Å². The number of methoxy groups -OCH3 is 1. The molecule has 1 rings (SSSR count). The number of esters is 1. The quantitative estimate of drug-likeness (QED) is 0.255. The Bertz CT molecular complexity index is 652. The lowest BCUT2D eigenvalue weighted by atomic mass is 10.3. The van der Waals surface area contributed by atoms with E-state index in [1.807, 2.05) is 0 Å². The van der Waals surface area contributed by atoms with Crippen LogP contribution in [0.3, 0.4) is 0 Å². The van der Waals surface area contributed by atoms with E-state index in [2.05, 4.69) is 20.0 Å². The van der Waals surface area contributed by atoms with Crippen LogP contribution in [-0.2, 0) is 14.3 Å². The summed E-state index contributed by atoms with van der Waals surface area (Å²) in [7, 11) is 1.18. The molecule has 22 heavy (non-hydrogen) atoms. The van der Waals surface area contributed by atoms with Gasteiger partial charge >= 0.3 is 5.97 Å². The maximum Gasteiger partial charge on any atom is 0.330 e. The number of nitrogens with one attached hydrogen (secondary N) is 1. The van der Waals surface area contributed by atoms with Gasteiger partial charge in [0, 0.05) is 12.2 Å². The Kier molecular flexibility index (Phi) is 6.10. The number of amides is 1. The van der Waals surface area contributed by atoms with Gasteiger partial charge in [0.15, 0.2) is 0 Å². The molecular formula is C13H15N5O4. The van der Waals surface area contributed by atoms with Crippen LogP contribution in [0.4, 0.5) is 5.69 Å². The number of guanidine groups is 2. The highest BCUT2D eigenvalue weighted by molar-refractivity contribution is 6.06. The van der Waals surface area contributed by atoms with Crippen LogP contribution < -0.4 is 16.8 Å². The average Bonchev–Trinajstić information content (AvgIpc) is 2.46. The largest absolute Gasteiger partial charge is 0.506 e. The molecule has 0 heterocycles. The summed E-state index contributed by atoms with van der Waals surface area (Å²) in [5, 5.41) is 11.7. The minimum absolute atomic E-state index is 0.0794. The summed E-state index contributed by atoms with van der Waals surface area (Å²) < 4.78 is 4.32. The molecule has 9 heteroatoms. The maximum absolute atomic E-state index is 11.4. The molecule has 1 amide bonds. The Labute approximate surface area is 126 Å². The normalized spacial score (nSPS) is 12.2. The summed E-state index contributed by atoms with van der Waals surface area (Å²) >= 11 is 0. The van der Waals surface area contributed by atoms with Gasteiger partial charge in [-0.1, -0.05) is 12.1 Å². The van der Waals surface area contributed by atoms with E-state index in [-0.39, 0.29) is 23.4 Å². The molecule has 1 aromatic rings. The molecule has 6 N–H and O–H groups in total. The fourth-order valence-corrected chi connectivity index (χ4v) is 1.24. The number of ether oxygens (including phenoxy) is 1. The van der Waals surface area contributed by atoms with Crippen LogP contribution in [0.5, 0.6) is 5.75 Å². The van der Waals surface area contributed by atoms with E-state index in [4.69, 9.17) is 11.5 Å². The Morgan fingerprint density at radius 1 is 1.27 bits per heavy atom. The monoisotopic (exact) mass is 305 g/mol. The molecule has 0 aliphatic carbocycles. The van der Waals surface area contributed by atoms with Crippen LogP contribution in [0.15, 0.2) is 46.4 Å². The molecule has 0 spiro atoms. The van der Waals surface area contributed by atoms with Gasteiger partial charge in [-0.25, -0.2) is 9.79 Å². The van der Waals surface area contributed by atoms with Crippen molar-refractivity contribution < 1.29 is 19.4 Å². The highest BCUT2D eigenvalue weighted by atomic mass is 16.5. The standard InChI is InChI=1S/C13H15N5O4/c1-22-11(21)7-6-10(20)17-13(15)18-12(14)16-8-4-2-3-5-9(8)19/h2-7,19H,1H3,(H5,14,15,16,17,18,20). The Morgan fingerprint density at radius 3 is 2.59 bits per heavy atom. The maximum atomic E-state index is 11.4. The Hall–Kier alpha value is -3.36. The summed E-state index contributed by atoms with van der Waals surface area (Å²) in [6.07, 6.45) is 1.84. The molecule has 0 saturated carbocycles. The zero-order valence-corrected chi connectivity index (χ0v) is 11.7. The van der Waals surface area contributed by atoms with Crippen molar-refractivity contribution in [3.8, 4) is 5.75 Å². The minimum atomic E-state index is -0.693. The van der Waals surface area contributed by atoms with Crippen LogP contribution in [0.2, 0.25) is 0 Å². The number of rotatable bonds is 3. The fraction of sp³-hybridized carbons (Fsp3) is 0.0769. The summed E-state index contributed by atoms with van der Waals surface area (Å²) in [6.45, 7) is 0. The molecule has 0 bridgehead atoms. The number of aliphatic imine (C=N–C) groups is 2. The first kappa shape index (κ1) is 16.7. The first-order valence-corrected chi connectivity index (χ1v) is 5.95. The van der Waals surface area contributed by atoms with Crippen LogP contribution in [0.1, 0.15) is 0 Å². The van der Waals surface area contributed by atoms with Crippen molar-refractivity contribution in [2.75, 3.05) is 7.11 Å². The third kappa shape index (κ3) is 5.74. The van der Waals surface area contributed by atoms with Gasteiger partial charge in [-0.3, -0.25) is 10.1 Å². The second-order valence-electron chi connectivity index (χ2n) is 3.80. The number of nitrogens with zero attached hydrogens (tertiary/aromatic N) is 2. The van der Waals surface area contributed by atoms with Gasteiger partial charge in [0.2, 0.25) is 11.9 Å². The van der Waals surface area contributed by atoms with Crippen molar-refractivity contribution in [3.05, 3.63) is 36.4 Å². The molecule has 0 atom stereocenters. The average molecular weight is 305 g/mol. The number of benzene rings is 1. The van der Waals surface area contributed by atoms with E-state index in [9.17, 15) is 14.7 Å². The first-order chi connectivity index (χ1) is 10.4. The van der Waals surface area contributed by atoms with E-state index in [0.29, 0.717) is 0 Å². The number of carbonyl (C=O) groups is 2. The molecule has 1 aromatic carbocycles. The van der Waals surface area contributed by atoms with E-state index in [1.165, 1.54) is 19.2 Å². The lowest BCUT2D eigenvalue weighted by Gasteiger charge is -2.01. The lowest BCUT2D eigenvalue weighted by molar-refractivity contribution is -0.135. The Morgan fingerprint density at radius 2 is 1.95 bits per heavy atom. The highest BCUT2D eigenvalue weighted by Crippen LogP contribution is 2.24. The van der Waals surface area contributed by atoms with E-state index in [0.717, 1.165) is 12.2 Å². The topological polar surface area (TPSA) is 152 Å². The number of carbonyl (C=O) groups excluding carboxylic acids is 2. The van der Waals surface area contributed by atoms with Gasteiger partial charge in [0.05, 0.1) is 7.11 Å². The number of phenolic OH excluding ortho intramolecular Hbond substituents is 1. The predicted octanol–water partition coefficient (Wildman–Crippen LogP) is -0.501. The number of hydrogen-bond acceptors (Lipinski definition) is 5. The molecule has 9 nitrogen and oxygen atoms in total. The number of hydrogen-bond donors (Lipinski definition) is 4. The number of para-hydroxylation sites is 2. The van der Waals surface area contributed by atoms with Crippen molar-refractivity contribution in [2.45, 2.75) is 0 Å². The highest BCUT2D eigenvalue weighted by Gasteiger charge is 2.02. The van der Waals surface area contributed by atoms with Gasteiger partial charge in [0.25, 0.3) is 5.91 Å². The Balaban J connectivity index is 2.72. The lowest BCUT2D eigenvalue weighted by Crippen LogP contribution is -2.37. The number of aromatic hydroxyl groups is 1. The van der Waals surface area contributed by atoms with E-state index < -0.39 is 11.9 Å². The molecular weight excluding hydrogens is 290 g/mol. The van der Waals surface area contributed by atoms with Crippen LogP contribution in [0, 0.1) is 0 Å². The van der Waals surface area contributed by atoms with Crippen molar-refractivity contribution >= 4 is 29.5 Å². The second kappa shape index (κ2) is 8.04. The summed E-state index contributed by atoms with van der Waals surface area (Å²) in [5.74, 6) is -2.05. The van der Waals surface area contributed by atoms with E-state index >= 15 is 0 Å². The van der Waals surface area contributed by atoms with Crippen LogP contribution in [0.25, 0.3) is 0 Å². The zero-order valence-electron chi connectivity index (χ0n) is 11.7. The van der Waals surface area contributed by atoms with Crippen LogP contribution in [-0.4, -0.2) is 36.0 Å². The van der Waals surface area contributed by atoms with Gasteiger partial charge in [0.1, 0.15) is 11.4 Å². The fourth-order valence-electron chi connectivity index (χ4n) is 1.24. The van der Waals surface area contributed by atoms with Gasteiger partial charge in [-0.2, -0.15) is 4.99 Å². The zero-order chi connectivity index (χ0) is 16.5. The van der Waals surface area contributed by atoms with Gasteiger partial charge < -0.3 is 21.3 Å².